The molecule has 4 heteroatoms. The molecule has 0 unspecified atom stereocenters. The molecule has 1 aromatic rings. The van der Waals surface area contributed by atoms with Crippen molar-refractivity contribution < 1.29 is 4.74 Å². The average molecular weight is 213 g/mol. The highest BCUT2D eigenvalue weighted by Gasteiger charge is 2.20. The Morgan fingerprint density at radius 3 is 3.00 bits per heavy atom. The Morgan fingerprint density at radius 1 is 1.50 bits per heavy atom. The van der Waals surface area contributed by atoms with Gasteiger partial charge in [0.05, 0.1) is 6.61 Å². The third kappa shape index (κ3) is 1.59. The zero-order valence-electron chi connectivity index (χ0n) is 7.79. The van der Waals surface area contributed by atoms with E-state index in [0.29, 0.717) is 18.2 Å². The van der Waals surface area contributed by atoms with E-state index in [2.05, 4.69) is 0 Å². The van der Waals surface area contributed by atoms with E-state index < -0.39 is 0 Å². The summed E-state index contributed by atoms with van der Waals surface area (Å²) in [5.41, 5.74) is 13.5. The van der Waals surface area contributed by atoms with Crippen LogP contribution in [0.3, 0.4) is 0 Å². The molecule has 1 heterocycles. The number of halogens is 1. The molecule has 0 aromatic heterocycles. The number of benzene rings is 1. The van der Waals surface area contributed by atoms with E-state index in [-0.39, 0.29) is 6.04 Å². The summed E-state index contributed by atoms with van der Waals surface area (Å²) in [5.74, 6) is 0.882. The lowest BCUT2D eigenvalue weighted by atomic mass is 10.0. The molecule has 0 bridgehead atoms. The van der Waals surface area contributed by atoms with Gasteiger partial charge in [0.1, 0.15) is 5.75 Å². The maximum absolute atomic E-state index is 5.98. The van der Waals surface area contributed by atoms with E-state index in [0.717, 1.165) is 23.3 Å². The second-order valence-corrected chi connectivity index (χ2v) is 3.86. The molecule has 0 saturated carbocycles. The summed E-state index contributed by atoms with van der Waals surface area (Å²) in [6.07, 6.45) is 0.903. The second kappa shape index (κ2) is 3.77. The highest BCUT2D eigenvalue weighted by atomic mass is 35.5. The Morgan fingerprint density at radius 2 is 2.29 bits per heavy atom. The maximum Gasteiger partial charge on any atom is 0.127 e. The van der Waals surface area contributed by atoms with Gasteiger partial charge >= 0.3 is 0 Å². The second-order valence-electron chi connectivity index (χ2n) is 3.42. The third-order valence-corrected chi connectivity index (χ3v) is 2.65. The molecule has 0 aliphatic carbocycles. The number of rotatable bonds is 2. The van der Waals surface area contributed by atoms with Crippen LogP contribution in [0.1, 0.15) is 17.2 Å². The molecular formula is C10H13ClN2O. The zero-order valence-corrected chi connectivity index (χ0v) is 8.55. The molecule has 1 aromatic carbocycles. The van der Waals surface area contributed by atoms with Gasteiger partial charge in [0.25, 0.3) is 0 Å². The topological polar surface area (TPSA) is 61.3 Å². The van der Waals surface area contributed by atoms with Crippen molar-refractivity contribution in [1.82, 2.24) is 0 Å². The first-order valence-corrected chi connectivity index (χ1v) is 5.01. The lowest BCUT2D eigenvalue weighted by Gasteiger charge is -2.13. The molecule has 0 spiro atoms. The minimum atomic E-state index is -0.194. The predicted molar refractivity (Wildman–Crippen MR) is 56.6 cm³/mol. The summed E-state index contributed by atoms with van der Waals surface area (Å²) in [6, 6.07) is 3.57. The number of ether oxygens (including phenoxy) is 1. The van der Waals surface area contributed by atoms with Gasteiger partial charge in [-0.3, -0.25) is 0 Å². The lowest BCUT2D eigenvalue weighted by molar-refractivity contribution is 0.351. The molecule has 3 nitrogen and oxygen atoms in total. The van der Waals surface area contributed by atoms with Crippen molar-refractivity contribution in [3.8, 4) is 5.75 Å². The number of hydrogen-bond acceptors (Lipinski definition) is 3. The largest absolute Gasteiger partial charge is 0.493 e. The normalized spacial score (nSPS) is 16.2. The first kappa shape index (κ1) is 9.77. The van der Waals surface area contributed by atoms with Crippen molar-refractivity contribution in [2.45, 2.75) is 12.5 Å². The summed E-state index contributed by atoms with van der Waals surface area (Å²) in [5, 5.41) is 0.702. The van der Waals surface area contributed by atoms with E-state index in [4.69, 9.17) is 27.8 Å². The van der Waals surface area contributed by atoms with Crippen molar-refractivity contribution >= 4 is 11.6 Å². The summed E-state index contributed by atoms with van der Waals surface area (Å²) < 4.78 is 5.51. The predicted octanol–water partition coefficient (Wildman–Crippen LogP) is 1.23. The van der Waals surface area contributed by atoms with Gasteiger partial charge in [-0.1, -0.05) is 11.6 Å². The van der Waals surface area contributed by atoms with Crippen LogP contribution in [0.15, 0.2) is 12.1 Å². The highest BCUT2D eigenvalue weighted by Crippen LogP contribution is 2.35. The van der Waals surface area contributed by atoms with Crippen molar-refractivity contribution in [1.29, 1.82) is 0 Å². The molecule has 0 amide bonds. The van der Waals surface area contributed by atoms with E-state index >= 15 is 0 Å². The third-order valence-electron chi connectivity index (χ3n) is 2.43. The van der Waals surface area contributed by atoms with Gasteiger partial charge in [0.2, 0.25) is 0 Å². The molecule has 0 fully saturated rings. The summed E-state index contributed by atoms with van der Waals surface area (Å²) in [6.45, 7) is 1.11. The Labute approximate surface area is 88.0 Å². The van der Waals surface area contributed by atoms with Crippen LogP contribution in [-0.4, -0.2) is 13.2 Å². The molecule has 14 heavy (non-hydrogen) atoms. The number of nitrogens with two attached hydrogens (primary N) is 2. The van der Waals surface area contributed by atoms with E-state index in [1.165, 1.54) is 0 Å². The van der Waals surface area contributed by atoms with Crippen molar-refractivity contribution in [2.24, 2.45) is 11.5 Å². The summed E-state index contributed by atoms with van der Waals surface area (Å²) in [7, 11) is 0. The fraction of sp³-hybridized carbons (Fsp3) is 0.400. The van der Waals surface area contributed by atoms with Crippen LogP contribution in [0, 0.1) is 0 Å². The van der Waals surface area contributed by atoms with Crippen molar-refractivity contribution in [3.05, 3.63) is 28.3 Å². The number of hydrogen-bond donors (Lipinski definition) is 2. The van der Waals surface area contributed by atoms with Gasteiger partial charge in [-0.25, -0.2) is 0 Å². The van der Waals surface area contributed by atoms with Crippen LogP contribution in [0.5, 0.6) is 5.75 Å². The Kier molecular flexibility index (Phi) is 2.63. The Balaban J connectivity index is 2.48. The van der Waals surface area contributed by atoms with Crippen LogP contribution in [0.4, 0.5) is 0 Å². The first-order chi connectivity index (χ1) is 6.72. The molecular weight excluding hydrogens is 200 g/mol. The summed E-state index contributed by atoms with van der Waals surface area (Å²) >= 11 is 5.98. The maximum atomic E-state index is 5.98. The van der Waals surface area contributed by atoms with Crippen molar-refractivity contribution in [2.75, 3.05) is 13.2 Å². The van der Waals surface area contributed by atoms with E-state index in [1.54, 1.807) is 0 Å². The van der Waals surface area contributed by atoms with Crippen LogP contribution < -0.4 is 16.2 Å². The minimum absolute atomic E-state index is 0.194. The molecule has 2 rings (SSSR count). The van der Waals surface area contributed by atoms with Crippen LogP contribution in [-0.2, 0) is 6.42 Å². The SMILES string of the molecule is NC[C@H](N)c1cc(Cl)cc2c1OCC2. The fourth-order valence-electron chi connectivity index (χ4n) is 1.70. The van der Waals surface area contributed by atoms with Gasteiger partial charge in [-0.2, -0.15) is 0 Å². The molecule has 1 aliphatic heterocycles. The van der Waals surface area contributed by atoms with Gasteiger partial charge in [-0.05, 0) is 17.7 Å². The highest BCUT2D eigenvalue weighted by molar-refractivity contribution is 6.30. The van der Waals surface area contributed by atoms with Crippen molar-refractivity contribution in [3.63, 3.8) is 0 Å². The van der Waals surface area contributed by atoms with Crippen LogP contribution >= 0.6 is 11.6 Å². The van der Waals surface area contributed by atoms with E-state index in [9.17, 15) is 0 Å². The average Bonchev–Trinajstić information content (AvgIpc) is 2.62. The molecule has 1 aliphatic rings. The Bertz CT molecular complexity index is 354. The quantitative estimate of drug-likeness (QED) is 0.775. The molecule has 76 valence electrons. The summed E-state index contributed by atoms with van der Waals surface area (Å²) in [4.78, 5) is 0. The Hall–Kier alpha value is -0.770. The van der Waals surface area contributed by atoms with Gasteiger partial charge < -0.3 is 16.2 Å². The standard InChI is InChI=1S/C10H13ClN2O/c11-7-3-6-1-2-14-10(6)8(4-7)9(13)5-12/h3-4,9H,1-2,5,12-13H2/t9-/m0/s1. The lowest BCUT2D eigenvalue weighted by Crippen LogP contribution is -2.21. The van der Waals surface area contributed by atoms with Gasteiger partial charge in [-0.15, -0.1) is 0 Å². The molecule has 0 radical (unpaired) electrons. The molecule has 4 N–H and O–H groups in total. The monoisotopic (exact) mass is 212 g/mol. The first-order valence-electron chi connectivity index (χ1n) is 4.63. The molecule has 1 atom stereocenters. The molecule has 0 saturated heterocycles. The minimum Gasteiger partial charge on any atom is -0.493 e. The van der Waals surface area contributed by atoms with E-state index in [1.807, 2.05) is 12.1 Å². The smallest absolute Gasteiger partial charge is 0.127 e. The van der Waals surface area contributed by atoms with Gasteiger partial charge in [0, 0.05) is 29.6 Å². The number of fused-ring (bicyclic) bond motifs is 1. The van der Waals surface area contributed by atoms with Gasteiger partial charge in [0.15, 0.2) is 0 Å². The zero-order chi connectivity index (χ0) is 10.1. The van der Waals surface area contributed by atoms with Crippen LogP contribution in [0.2, 0.25) is 5.02 Å². The van der Waals surface area contributed by atoms with Crippen LogP contribution in [0.25, 0.3) is 0 Å². The fourth-order valence-corrected chi connectivity index (χ4v) is 1.95.